The molecule has 0 radical (unpaired) electrons. The molecule has 0 saturated heterocycles. The Morgan fingerprint density at radius 3 is 1.35 bits per heavy atom. The van der Waals surface area contributed by atoms with Gasteiger partial charge in [-0.15, -0.1) is 0 Å². The van der Waals surface area contributed by atoms with Crippen LogP contribution in [-0.4, -0.2) is 31.8 Å². The molecule has 0 spiro atoms. The predicted molar refractivity (Wildman–Crippen MR) is 86.1 cm³/mol. The molecule has 0 fully saturated rings. The molecular formula is C10H9Cl4IO5. The van der Waals surface area contributed by atoms with Gasteiger partial charge in [-0.25, -0.2) is 9.59 Å². The highest BCUT2D eigenvalue weighted by molar-refractivity contribution is 14.1. The maximum absolute atomic E-state index is 10.2. The van der Waals surface area contributed by atoms with Crippen LogP contribution in [-0.2, 0) is 12.7 Å². The van der Waals surface area contributed by atoms with Gasteiger partial charge in [-0.05, 0) is 12.1 Å². The normalized spacial score (nSPS) is 9.10. The number of carboxylic acid groups (broad SMARTS) is 2. The van der Waals surface area contributed by atoms with Gasteiger partial charge in [-0.3, -0.25) is 3.07 Å². The Morgan fingerprint density at radius 1 is 0.900 bits per heavy atom. The summed E-state index contributed by atoms with van der Waals surface area (Å²) in [6.07, 6.45) is 0. The number of rotatable bonds is 3. The van der Waals surface area contributed by atoms with Crippen molar-refractivity contribution in [3.63, 3.8) is 0 Å². The number of hydrogen-bond acceptors (Lipinski definition) is 3. The molecule has 0 unspecified atom stereocenters. The summed E-state index contributed by atoms with van der Waals surface area (Å²) in [6.45, 7) is 0. The molecule has 0 saturated carbocycles. The third kappa shape index (κ3) is 15.9. The van der Waals surface area contributed by atoms with Gasteiger partial charge < -0.3 is 10.2 Å². The Bertz CT molecular complexity index is 395. The molecule has 0 aliphatic rings. The van der Waals surface area contributed by atoms with Gasteiger partial charge in [0.05, 0.1) is 0 Å². The van der Waals surface area contributed by atoms with Crippen molar-refractivity contribution in [1.82, 2.24) is 0 Å². The molecule has 0 heterocycles. The van der Waals surface area contributed by atoms with Crippen LogP contribution in [0.3, 0.4) is 0 Å². The van der Waals surface area contributed by atoms with Crippen LogP contribution >= 0.6 is 67.6 Å². The van der Waals surface area contributed by atoms with Gasteiger partial charge in [0.1, 0.15) is 0 Å². The molecule has 0 bridgehead atoms. The van der Waals surface area contributed by atoms with Crippen molar-refractivity contribution in [3.8, 4) is 0 Å². The first-order valence-electron chi connectivity index (χ1n) is 4.56. The lowest BCUT2D eigenvalue weighted by Gasteiger charge is -1.84. The number of carbonyl (C=O) groups is 2. The van der Waals surface area contributed by atoms with E-state index < -0.39 is 42.8 Å². The molecule has 1 aromatic rings. The van der Waals surface area contributed by atoms with Crippen LogP contribution in [0.5, 0.6) is 0 Å². The predicted octanol–water partition coefficient (Wildman–Crippen LogP) is 3.92. The number of hydrogen-bond donors (Lipinski definition) is 2. The summed E-state index contributed by atoms with van der Waals surface area (Å²) in [5, 5.41) is 15.5. The topological polar surface area (TPSA) is 91.7 Å². The van der Waals surface area contributed by atoms with Crippen LogP contribution in [0.15, 0.2) is 30.3 Å². The fraction of sp³-hybridized carbons (Fsp3) is 0.200. The quantitative estimate of drug-likeness (QED) is 0.508. The Labute approximate surface area is 145 Å². The highest BCUT2D eigenvalue weighted by Crippen LogP contribution is 2.06. The van der Waals surface area contributed by atoms with E-state index in [4.69, 9.17) is 56.6 Å². The average molecular weight is 478 g/mol. The Balaban J connectivity index is 0. The van der Waals surface area contributed by atoms with Gasteiger partial charge in [0.15, 0.2) is 21.2 Å². The Hall–Kier alpha value is -0.150. The first-order chi connectivity index (χ1) is 9.22. The van der Waals surface area contributed by atoms with E-state index in [1.165, 1.54) is 0 Å². The second-order valence-corrected chi connectivity index (χ2v) is 6.53. The third-order valence-corrected chi connectivity index (χ3v) is 3.17. The molecule has 2 N–H and O–H groups in total. The summed E-state index contributed by atoms with van der Waals surface area (Å²) in [5.41, 5.74) is 0. The molecule has 1 rings (SSSR count). The highest BCUT2D eigenvalue weighted by atomic mass is 127. The van der Waals surface area contributed by atoms with Crippen molar-refractivity contribution >= 4 is 79.5 Å². The van der Waals surface area contributed by atoms with Crippen molar-refractivity contribution in [1.29, 1.82) is 0 Å². The minimum absolute atomic E-state index is 0.941. The van der Waals surface area contributed by atoms with Crippen LogP contribution in [0.2, 0.25) is 0 Å². The smallest absolute Gasteiger partial charge is 0.337 e. The summed E-state index contributed by atoms with van der Waals surface area (Å²) in [7, 11) is 0. The number of alkyl halides is 4. The van der Waals surface area contributed by atoms with E-state index in [0.29, 0.717) is 0 Å². The second-order valence-electron chi connectivity index (χ2n) is 2.65. The van der Waals surface area contributed by atoms with Crippen LogP contribution in [0, 0.1) is 3.57 Å². The van der Waals surface area contributed by atoms with Gasteiger partial charge in [0, 0.05) is 3.57 Å². The summed E-state index contributed by atoms with van der Waals surface area (Å²) >= 11 is 18.2. The van der Waals surface area contributed by atoms with E-state index in [-0.39, 0.29) is 0 Å². The summed E-state index contributed by atoms with van der Waals surface area (Å²) in [4.78, 5) is 16.3. The van der Waals surface area contributed by atoms with Crippen LogP contribution in [0.25, 0.3) is 0 Å². The molecule has 1 aromatic carbocycles. The van der Waals surface area contributed by atoms with E-state index in [1.54, 1.807) is 0 Å². The third-order valence-electron chi connectivity index (χ3n) is 1.20. The molecule has 10 heteroatoms. The molecule has 5 nitrogen and oxygen atoms in total. The fourth-order valence-electron chi connectivity index (χ4n) is 0.466. The SMILES string of the molecule is O=C(O)C(Cl)Cl.O=C(O)C(Cl)Cl.O=Ic1ccccc1. The van der Waals surface area contributed by atoms with E-state index in [1.807, 2.05) is 30.3 Å². The lowest BCUT2D eigenvalue weighted by atomic mass is 10.4. The van der Waals surface area contributed by atoms with Crippen LogP contribution in [0.4, 0.5) is 0 Å². The van der Waals surface area contributed by atoms with Crippen molar-refractivity contribution < 1.29 is 22.9 Å². The molecule has 0 amide bonds. The second kappa shape index (κ2) is 13.8. The van der Waals surface area contributed by atoms with Gasteiger partial charge in [-0.1, -0.05) is 64.6 Å². The largest absolute Gasteiger partial charge is 0.479 e. The van der Waals surface area contributed by atoms with E-state index in [2.05, 4.69) is 0 Å². The minimum Gasteiger partial charge on any atom is -0.479 e. The van der Waals surface area contributed by atoms with Crippen LogP contribution in [0.1, 0.15) is 0 Å². The van der Waals surface area contributed by atoms with Crippen molar-refractivity contribution in [3.05, 3.63) is 33.9 Å². The minimum atomic E-state index is -1.29. The maximum Gasteiger partial charge on any atom is 0.337 e. The maximum atomic E-state index is 10.2. The summed E-state index contributed by atoms with van der Waals surface area (Å²) < 4.78 is 11.2. The van der Waals surface area contributed by atoms with Gasteiger partial charge in [0.2, 0.25) is 9.67 Å². The molecule has 0 aliphatic carbocycles. The monoisotopic (exact) mass is 476 g/mol. The lowest BCUT2D eigenvalue weighted by Crippen LogP contribution is -2.03. The van der Waals surface area contributed by atoms with Crippen molar-refractivity contribution in [2.45, 2.75) is 9.67 Å². The first-order valence-corrected chi connectivity index (χ1v) is 8.26. The molecule has 0 aromatic heterocycles. The zero-order valence-electron chi connectivity index (χ0n) is 9.55. The van der Waals surface area contributed by atoms with Crippen LogP contribution < -0.4 is 0 Å². The zero-order chi connectivity index (χ0) is 16.1. The summed E-state index contributed by atoms with van der Waals surface area (Å²) in [6, 6.07) is 9.46. The number of carboxylic acids is 2. The van der Waals surface area contributed by atoms with Crippen molar-refractivity contribution in [2.24, 2.45) is 0 Å². The lowest BCUT2D eigenvalue weighted by molar-refractivity contribution is -0.136. The van der Waals surface area contributed by atoms with E-state index in [9.17, 15) is 12.7 Å². The fourth-order valence-corrected chi connectivity index (χ4v) is 1.17. The number of benzene rings is 1. The zero-order valence-corrected chi connectivity index (χ0v) is 14.7. The average Bonchev–Trinajstić information content (AvgIpc) is 2.40. The summed E-state index contributed by atoms with van der Waals surface area (Å²) in [5.74, 6) is -2.42. The Kier molecular flexibility index (Phi) is 15.3. The standard InChI is InChI=1S/C6H5IO.2C2H2Cl2O2/c8-7-6-4-2-1-3-5-6;2*3-1(4)2(5)6/h1-5H;2*1H,(H,5,6). The molecule has 0 atom stereocenters. The van der Waals surface area contributed by atoms with Gasteiger partial charge >= 0.3 is 11.9 Å². The molecule has 0 aliphatic heterocycles. The van der Waals surface area contributed by atoms with E-state index in [0.717, 1.165) is 3.57 Å². The molecule has 114 valence electrons. The van der Waals surface area contributed by atoms with Crippen molar-refractivity contribution in [2.75, 3.05) is 0 Å². The molecular weight excluding hydrogens is 469 g/mol. The molecule has 20 heavy (non-hydrogen) atoms. The Morgan fingerprint density at radius 2 is 1.20 bits per heavy atom. The van der Waals surface area contributed by atoms with E-state index >= 15 is 0 Å². The number of aliphatic carboxylic acids is 2. The van der Waals surface area contributed by atoms with Gasteiger partial charge in [-0.2, -0.15) is 0 Å². The highest BCUT2D eigenvalue weighted by Gasteiger charge is 2.06. The van der Waals surface area contributed by atoms with Gasteiger partial charge in [0.25, 0.3) is 0 Å². The number of halogens is 5. The first kappa shape index (κ1) is 22.1.